The summed E-state index contributed by atoms with van der Waals surface area (Å²) < 4.78 is 4.18. The van der Waals surface area contributed by atoms with Crippen molar-refractivity contribution in [3.63, 3.8) is 0 Å². The van der Waals surface area contributed by atoms with Crippen molar-refractivity contribution < 1.29 is 14.3 Å². The van der Waals surface area contributed by atoms with Gasteiger partial charge in [0.1, 0.15) is 6.04 Å². The Morgan fingerprint density at radius 2 is 2.00 bits per heavy atom. The smallest absolute Gasteiger partial charge is 0.331 e. The van der Waals surface area contributed by atoms with E-state index in [1.54, 1.807) is 6.92 Å². The van der Waals surface area contributed by atoms with Crippen molar-refractivity contribution in [3.8, 4) is 0 Å². The Balaban J connectivity index is 2.77. The number of rotatable bonds is 0. The zero-order chi connectivity index (χ0) is 7.02. The van der Waals surface area contributed by atoms with Crippen LogP contribution in [-0.4, -0.2) is 18.0 Å². The molecule has 0 bridgehead atoms. The van der Waals surface area contributed by atoms with Gasteiger partial charge < -0.3 is 10.5 Å². The van der Waals surface area contributed by atoms with E-state index in [4.69, 9.17) is 5.73 Å². The lowest BCUT2D eigenvalue weighted by Gasteiger charge is -1.97. The zero-order valence-electron chi connectivity index (χ0n) is 4.96. The first-order valence-corrected chi connectivity index (χ1v) is 2.64. The standard InChI is InChI=1S/C5H7NO3/c1-2-3(6)5(8)9-4(2)7/h2-3H,6H2,1H3. The molecule has 1 saturated heterocycles. The van der Waals surface area contributed by atoms with Crippen molar-refractivity contribution in [2.24, 2.45) is 11.7 Å². The summed E-state index contributed by atoms with van der Waals surface area (Å²) in [5, 5.41) is 0. The van der Waals surface area contributed by atoms with E-state index in [-0.39, 0.29) is 0 Å². The quantitative estimate of drug-likeness (QED) is 0.337. The molecule has 0 radical (unpaired) electrons. The van der Waals surface area contributed by atoms with Gasteiger partial charge in [0.05, 0.1) is 5.92 Å². The van der Waals surface area contributed by atoms with Crippen LogP contribution in [0.1, 0.15) is 6.92 Å². The number of hydrogen-bond donors (Lipinski definition) is 1. The summed E-state index contributed by atoms with van der Waals surface area (Å²) in [6.07, 6.45) is 0. The van der Waals surface area contributed by atoms with Crippen LogP contribution in [-0.2, 0) is 14.3 Å². The molecule has 2 atom stereocenters. The highest BCUT2D eigenvalue weighted by atomic mass is 16.6. The lowest BCUT2D eigenvalue weighted by Crippen LogP contribution is -2.31. The molecule has 1 rings (SSSR count). The largest absolute Gasteiger partial charge is 0.392 e. The molecule has 2 unspecified atom stereocenters. The molecule has 9 heavy (non-hydrogen) atoms. The molecular weight excluding hydrogens is 122 g/mol. The molecule has 1 aliphatic heterocycles. The van der Waals surface area contributed by atoms with Crippen molar-refractivity contribution in [2.75, 3.05) is 0 Å². The highest BCUT2D eigenvalue weighted by Crippen LogP contribution is 2.12. The van der Waals surface area contributed by atoms with Gasteiger partial charge in [-0.3, -0.25) is 4.79 Å². The first-order chi connectivity index (χ1) is 4.13. The summed E-state index contributed by atoms with van der Waals surface area (Å²) in [5.41, 5.74) is 5.22. The van der Waals surface area contributed by atoms with Gasteiger partial charge in [0.2, 0.25) is 0 Å². The SMILES string of the molecule is CC1C(=O)OC(=O)C1N. The van der Waals surface area contributed by atoms with Crippen LogP contribution in [0.2, 0.25) is 0 Å². The third-order valence-corrected chi connectivity index (χ3v) is 1.38. The van der Waals surface area contributed by atoms with E-state index in [0.717, 1.165) is 0 Å². The zero-order valence-corrected chi connectivity index (χ0v) is 4.96. The maximum absolute atomic E-state index is 10.5. The summed E-state index contributed by atoms with van der Waals surface area (Å²) in [4.78, 5) is 20.9. The molecule has 0 aromatic heterocycles. The van der Waals surface area contributed by atoms with Crippen molar-refractivity contribution in [2.45, 2.75) is 13.0 Å². The summed E-state index contributed by atoms with van der Waals surface area (Å²) in [7, 11) is 0. The lowest BCUT2D eigenvalue weighted by molar-refractivity contribution is -0.153. The van der Waals surface area contributed by atoms with E-state index in [1.807, 2.05) is 0 Å². The number of carbonyl (C=O) groups is 2. The van der Waals surface area contributed by atoms with Crippen LogP contribution < -0.4 is 5.73 Å². The molecule has 1 aliphatic rings. The van der Waals surface area contributed by atoms with Gasteiger partial charge in [-0.05, 0) is 6.92 Å². The van der Waals surface area contributed by atoms with E-state index in [0.29, 0.717) is 0 Å². The molecule has 1 fully saturated rings. The van der Waals surface area contributed by atoms with Crippen LogP contribution in [0.5, 0.6) is 0 Å². The summed E-state index contributed by atoms with van der Waals surface area (Å²) in [5.74, 6) is -1.61. The predicted octanol–water partition coefficient (Wildman–Crippen LogP) is -0.967. The Labute approximate surface area is 52.0 Å². The molecule has 0 saturated carbocycles. The molecule has 1 heterocycles. The second-order valence-corrected chi connectivity index (χ2v) is 2.05. The summed E-state index contributed by atoms with van der Waals surface area (Å²) >= 11 is 0. The average Bonchev–Trinajstić information content (AvgIpc) is 1.98. The van der Waals surface area contributed by atoms with E-state index < -0.39 is 23.9 Å². The van der Waals surface area contributed by atoms with E-state index >= 15 is 0 Å². The van der Waals surface area contributed by atoms with Crippen LogP contribution in [0.25, 0.3) is 0 Å². The van der Waals surface area contributed by atoms with Crippen molar-refractivity contribution in [1.82, 2.24) is 0 Å². The van der Waals surface area contributed by atoms with Gasteiger partial charge in [-0.15, -0.1) is 0 Å². The van der Waals surface area contributed by atoms with Crippen molar-refractivity contribution in [3.05, 3.63) is 0 Å². The van der Waals surface area contributed by atoms with Gasteiger partial charge in [0.25, 0.3) is 0 Å². The number of carbonyl (C=O) groups excluding carboxylic acids is 2. The first-order valence-electron chi connectivity index (χ1n) is 2.64. The maximum Gasteiger partial charge on any atom is 0.331 e. The van der Waals surface area contributed by atoms with E-state index in [1.165, 1.54) is 0 Å². The lowest BCUT2D eigenvalue weighted by atomic mass is 10.1. The Morgan fingerprint density at radius 3 is 2.11 bits per heavy atom. The molecule has 50 valence electrons. The monoisotopic (exact) mass is 129 g/mol. The second kappa shape index (κ2) is 1.80. The highest BCUT2D eigenvalue weighted by Gasteiger charge is 2.38. The Bertz CT molecular complexity index is 148. The van der Waals surface area contributed by atoms with Gasteiger partial charge >= 0.3 is 11.9 Å². The topological polar surface area (TPSA) is 69.4 Å². The second-order valence-electron chi connectivity index (χ2n) is 2.05. The average molecular weight is 129 g/mol. The molecule has 0 spiro atoms. The fourth-order valence-electron chi connectivity index (χ4n) is 0.611. The summed E-state index contributed by atoms with van der Waals surface area (Å²) in [6.45, 7) is 1.57. The number of nitrogens with two attached hydrogens (primary N) is 1. The minimum atomic E-state index is -0.752. The molecule has 0 aromatic rings. The predicted molar refractivity (Wildman–Crippen MR) is 28.2 cm³/mol. The molecule has 0 amide bonds. The maximum atomic E-state index is 10.5. The van der Waals surface area contributed by atoms with Gasteiger partial charge in [-0.2, -0.15) is 0 Å². The number of hydrogen-bond acceptors (Lipinski definition) is 4. The van der Waals surface area contributed by atoms with E-state index in [9.17, 15) is 9.59 Å². The molecular formula is C5H7NO3. The molecule has 4 nitrogen and oxygen atoms in total. The van der Waals surface area contributed by atoms with E-state index in [2.05, 4.69) is 4.74 Å². The first kappa shape index (κ1) is 6.22. The Morgan fingerprint density at radius 1 is 1.44 bits per heavy atom. The van der Waals surface area contributed by atoms with Gasteiger partial charge in [-0.25, -0.2) is 4.79 Å². The normalized spacial score (nSPS) is 34.9. The molecule has 2 N–H and O–H groups in total. The van der Waals surface area contributed by atoms with Crippen LogP contribution in [0.15, 0.2) is 0 Å². The minimum absolute atomic E-state index is 0.475. The fraction of sp³-hybridized carbons (Fsp3) is 0.600. The summed E-state index contributed by atoms with van der Waals surface area (Å²) in [6, 6.07) is -0.752. The molecule has 0 aliphatic carbocycles. The van der Waals surface area contributed by atoms with Gasteiger partial charge in [0.15, 0.2) is 0 Å². The van der Waals surface area contributed by atoms with Gasteiger partial charge in [0, 0.05) is 0 Å². The molecule has 0 aromatic carbocycles. The Kier molecular flexibility index (Phi) is 1.25. The van der Waals surface area contributed by atoms with Crippen LogP contribution in [0, 0.1) is 5.92 Å². The molecule has 4 heteroatoms. The van der Waals surface area contributed by atoms with Crippen molar-refractivity contribution >= 4 is 11.9 Å². The van der Waals surface area contributed by atoms with Crippen molar-refractivity contribution in [1.29, 1.82) is 0 Å². The van der Waals surface area contributed by atoms with Crippen LogP contribution in [0.3, 0.4) is 0 Å². The van der Waals surface area contributed by atoms with Crippen LogP contribution in [0.4, 0.5) is 0 Å². The Hall–Kier alpha value is -0.900. The van der Waals surface area contributed by atoms with Crippen LogP contribution >= 0.6 is 0 Å². The minimum Gasteiger partial charge on any atom is -0.392 e. The van der Waals surface area contributed by atoms with Gasteiger partial charge in [-0.1, -0.05) is 0 Å². The number of cyclic esters (lactones) is 2. The fourth-order valence-corrected chi connectivity index (χ4v) is 0.611. The number of ether oxygens (including phenoxy) is 1. The third kappa shape index (κ3) is 0.810. The third-order valence-electron chi connectivity index (χ3n) is 1.38. The highest BCUT2D eigenvalue weighted by molar-refractivity contribution is 5.98. The number of esters is 2.